The Morgan fingerprint density at radius 3 is 2.56 bits per heavy atom. The zero-order chi connectivity index (χ0) is 17.8. The summed E-state index contributed by atoms with van der Waals surface area (Å²) in [6.07, 6.45) is 3.58. The molecule has 0 saturated carbocycles. The smallest absolute Gasteiger partial charge is 0.223 e. The second kappa shape index (κ2) is 7.40. The predicted molar refractivity (Wildman–Crippen MR) is 97.3 cm³/mol. The first-order chi connectivity index (χ1) is 12.0. The Balaban J connectivity index is 1.98. The maximum atomic E-state index is 5.41. The number of nitrogens with zero attached hydrogens (tertiary/aromatic N) is 5. The third kappa shape index (κ3) is 4.19. The van der Waals surface area contributed by atoms with Gasteiger partial charge in [0, 0.05) is 42.8 Å². The van der Waals surface area contributed by atoms with Gasteiger partial charge in [0.15, 0.2) is 5.76 Å². The van der Waals surface area contributed by atoms with Crippen LogP contribution in [0.3, 0.4) is 0 Å². The number of pyridine rings is 1. The highest BCUT2D eigenvalue weighted by Crippen LogP contribution is 2.30. The Bertz CT molecular complexity index is 841. The molecule has 1 N–H and O–H groups in total. The van der Waals surface area contributed by atoms with Crippen LogP contribution in [-0.2, 0) is 0 Å². The van der Waals surface area contributed by atoms with Gasteiger partial charge in [0.25, 0.3) is 0 Å². The molecule has 0 aliphatic heterocycles. The van der Waals surface area contributed by atoms with Gasteiger partial charge in [-0.15, -0.1) is 0 Å². The highest BCUT2D eigenvalue weighted by atomic mass is 16.5. The van der Waals surface area contributed by atoms with Crippen LogP contribution in [-0.4, -0.2) is 52.2 Å². The van der Waals surface area contributed by atoms with Crippen molar-refractivity contribution in [2.24, 2.45) is 0 Å². The lowest BCUT2D eigenvalue weighted by atomic mass is 10.1. The highest BCUT2D eigenvalue weighted by molar-refractivity contribution is 5.78. The summed E-state index contributed by atoms with van der Waals surface area (Å²) in [4.78, 5) is 15.6. The van der Waals surface area contributed by atoms with Crippen LogP contribution in [0.4, 0.5) is 5.95 Å². The van der Waals surface area contributed by atoms with E-state index in [1.807, 2.05) is 52.3 Å². The van der Waals surface area contributed by atoms with E-state index in [0.29, 0.717) is 11.7 Å². The van der Waals surface area contributed by atoms with Gasteiger partial charge in [0.05, 0.1) is 17.0 Å². The van der Waals surface area contributed by atoms with Gasteiger partial charge in [-0.05, 0) is 40.1 Å². The minimum Gasteiger partial charge on any atom is -0.356 e. The van der Waals surface area contributed by atoms with Crippen LogP contribution >= 0.6 is 0 Å². The Morgan fingerprint density at radius 1 is 1.08 bits per heavy atom. The molecule has 3 aromatic rings. The van der Waals surface area contributed by atoms with E-state index in [0.717, 1.165) is 41.3 Å². The molecule has 3 rings (SSSR count). The van der Waals surface area contributed by atoms with Gasteiger partial charge in [-0.3, -0.25) is 4.98 Å². The summed E-state index contributed by atoms with van der Waals surface area (Å²) < 4.78 is 5.41. The fraction of sp³-hybridized carbons (Fsp3) is 0.333. The summed E-state index contributed by atoms with van der Waals surface area (Å²) in [6.45, 7) is 5.50. The molecule has 0 spiro atoms. The van der Waals surface area contributed by atoms with Crippen molar-refractivity contribution in [1.82, 2.24) is 25.0 Å². The maximum Gasteiger partial charge on any atom is 0.223 e. The van der Waals surface area contributed by atoms with Crippen LogP contribution in [0.1, 0.15) is 11.4 Å². The summed E-state index contributed by atoms with van der Waals surface area (Å²) >= 11 is 0. The normalized spacial score (nSPS) is 11.1. The first kappa shape index (κ1) is 17.0. The summed E-state index contributed by atoms with van der Waals surface area (Å²) in [5.74, 6) is 1.23. The van der Waals surface area contributed by atoms with Crippen LogP contribution in [0.15, 0.2) is 35.1 Å². The molecule has 3 aromatic heterocycles. The van der Waals surface area contributed by atoms with Gasteiger partial charge < -0.3 is 14.7 Å². The van der Waals surface area contributed by atoms with Crippen LogP contribution in [0.2, 0.25) is 0 Å². The van der Waals surface area contributed by atoms with Crippen molar-refractivity contribution < 1.29 is 4.52 Å². The number of aryl methyl sites for hydroxylation is 2. The number of likely N-dealkylation sites (N-methyl/N-ethyl adjacent to an activating group) is 1. The number of anilines is 1. The first-order valence-corrected chi connectivity index (χ1v) is 8.15. The van der Waals surface area contributed by atoms with Gasteiger partial charge in [-0.1, -0.05) is 5.16 Å². The lowest BCUT2D eigenvalue weighted by Crippen LogP contribution is -2.21. The largest absolute Gasteiger partial charge is 0.356 e. The van der Waals surface area contributed by atoms with Crippen molar-refractivity contribution in [2.75, 3.05) is 32.5 Å². The Kier molecular flexibility index (Phi) is 5.04. The molecule has 0 amide bonds. The van der Waals surface area contributed by atoms with Crippen LogP contribution in [0, 0.1) is 13.8 Å². The molecule has 0 aliphatic rings. The van der Waals surface area contributed by atoms with E-state index in [4.69, 9.17) is 4.52 Å². The lowest BCUT2D eigenvalue weighted by molar-refractivity contribution is 0.424. The number of rotatable bonds is 6. The SMILES string of the molecule is Cc1ccc(-c2nc(NCCN(C)C)ncc2-c2cc(C)no2)cn1. The van der Waals surface area contributed by atoms with Crippen molar-refractivity contribution in [3.63, 3.8) is 0 Å². The molecular formula is C18H22N6O. The summed E-state index contributed by atoms with van der Waals surface area (Å²) in [5, 5.41) is 7.22. The monoisotopic (exact) mass is 338 g/mol. The number of hydrogen-bond donors (Lipinski definition) is 1. The number of aromatic nitrogens is 4. The molecule has 7 nitrogen and oxygen atoms in total. The quantitative estimate of drug-likeness (QED) is 0.740. The van der Waals surface area contributed by atoms with Gasteiger partial charge in [-0.2, -0.15) is 0 Å². The number of hydrogen-bond acceptors (Lipinski definition) is 7. The summed E-state index contributed by atoms with van der Waals surface area (Å²) in [6, 6.07) is 5.84. The number of nitrogens with one attached hydrogen (secondary N) is 1. The van der Waals surface area contributed by atoms with Crippen molar-refractivity contribution in [3.05, 3.63) is 42.0 Å². The minimum absolute atomic E-state index is 0.581. The third-order valence-electron chi connectivity index (χ3n) is 3.71. The molecule has 3 heterocycles. The first-order valence-electron chi connectivity index (χ1n) is 8.15. The van der Waals surface area contributed by atoms with Gasteiger partial charge in [0.1, 0.15) is 0 Å². The molecule has 0 bridgehead atoms. The van der Waals surface area contributed by atoms with E-state index in [2.05, 4.69) is 30.3 Å². The summed E-state index contributed by atoms with van der Waals surface area (Å²) in [7, 11) is 4.06. The molecule has 0 aromatic carbocycles. The summed E-state index contributed by atoms with van der Waals surface area (Å²) in [5.41, 5.74) is 4.25. The zero-order valence-corrected chi connectivity index (χ0v) is 14.9. The van der Waals surface area contributed by atoms with Gasteiger partial charge >= 0.3 is 0 Å². The average molecular weight is 338 g/mol. The van der Waals surface area contributed by atoms with E-state index < -0.39 is 0 Å². The molecule has 0 unspecified atom stereocenters. The van der Waals surface area contributed by atoms with E-state index in [9.17, 15) is 0 Å². The van der Waals surface area contributed by atoms with Crippen molar-refractivity contribution in [2.45, 2.75) is 13.8 Å². The second-order valence-corrected chi connectivity index (χ2v) is 6.21. The van der Waals surface area contributed by atoms with Crippen LogP contribution < -0.4 is 5.32 Å². The fourth-order valence-electron chi connectivity index (χ4n) is 2.36. The third-order valence-corrected chi connectivity index (χ3v) is 3.71. The standard InChI is InChI=1S/C18H22N6O/c1-12-5-6-14(10-20-12)17-15(16-9-13(2)23-25-16)11-21-18(22-17)19-7-8-24(3)4/h5-6,9-11H,7-8H2,1-4H3,(H,19,21,22). The minimum atomic E-state index is 0.581. The molecule has 25 heavy (non-hydrogen) atoms. The highest BCUT2D eigenvalue weighted by Gasteiger charge is 2.15. The van der Waals surface area contributed by atoms with Crippen LogP contribution in [0.5, 0.6) is 0 Å². The van der Waals surface area contributed by atoms with Crippen LogP contribution in [0.25, 0.3) is 22.6 Å². The molecule has 0 radical (unpaired) electrons. The molecule has 0 aliphatic carbocycles. The Hall–Kier alpha value is -2.80. The van der Waals surface area contributed by atoms with Crippen molar-refractivity contribution >= 4 is 5.95 Å². The van der Waals surface area contributed by atoms with Crippen molar-refractivity contribution in [3.8, 4) is 22.6 Å². The van der Waals surface area contributed by atoms with E-state index in [1.54, 1.807) is 6.20 Å². The van der Waals surface area contributed by atoms with Gasteiger partial charge in [0.2, 0.25) is 5.95 Å². The molecule has 0 fully saturated rings. The van der Waals surface area contributed by atoms with E-state index >= 15 is 0 Å². The molecule has 0 saturated heterocycles. The van der Waals surface area contributed by atoms with Gasteiger partial charge in [-0.25, -0.2) is 9.97 Å². The molecule has 7 heteroatoms. The molecular weight excluding hydrogens is 316 g/mol. The maximum absolute atomic E-state index is 5.41. The predicted octanol–water partition coefficient (Wildman–Crippen LogP) is 2.78. The molecule has 0 atom stereocenters. The molecule has 130 valence electrons. The van der Waals surface area contributed by atoms with E-state index in [1.165, 1.54) is 0 Å². The lowest BCUT2D eigenvalue weighted by Gasteiger charge is -2.12. The van der Waals surface area contributed by atoms with E-state index in [-0.39, 0.29) is 0 Å². The topological polar surface area (TPSA) is 80.0 Å². The average Bonchev–Trinajstić information content (AvgIpc) is 3.01. The van der Waals surface area contributed by atoms with Crippen molar-refractivity contribution in [1.29, 1.82) is 0 Å². The Labute approximate surface area is 147 Å². The second-order valence-electron chi connectivity index (χ2n) is 6.21. The zero-order valence-electron chi connectivity index (χ0n) is 14.9. The fourth-order valence-corrected chi connectivity index (χ4v) is 2.36. The Morgan fingerprint density at radius 2 is 1.92 bits per heavy atom.